The summed E-state index contributed by atoms with van der Waals surface area (Å²) in [6, 6.07) is 8.40. The number of aromatic nitrogens is 3. The number of carbonyl (C=O) groups is 1. The summed E-state index contributed by atoms with van der Waals surface area (Å²) in [6.07, 6.45) is 5.20. The Morgan fingerprint density at radius 2 is 1.92 bits per heavy atom. The second kappa shape index (κ2) is 6.83. The van der Waals surface area contributed by atoms with Gasteiger partial charge in [0.05, 0.1) is 22.4 Å². The van der Waals surface area contributed by atoms with Crippen LogP contribution in [0.2, 0.25) is 0 Å². The molecule has 1 amide bonds. The lowest BCUT2D eigenvalue weighted by Gasteiger charge is -2.16. The van der Waals surface area contributed by atoms with Crippen LogP contribution < -0.4 is 0 Å². The zero-order chi connectivity index (χ0) is 18.1. The van der Waals surface area contributed by atoms with Crippen molar-refractivity contribution in [2.75, 3.05) is 18.8 Å². The smallest absolute Gasteiger partial charge is 0.223 e. The van der Waals surface area contributed by atoms with Gasteiger partial charge in [-0.2, -0.15) is 0 Å². The maximum atomic E-state index is 12.4. The van der Waals surface area contributed by atoms with Crippen LogP contribution in [-0.2, 0) is 14.6 Å². The van der Waals surface area contributed by atoms with Gasteiger partial charge in [0.2, 0.25) is 5.91 Å². The molecule has 0 unspecified atom stereocenters. The summed E-state index contributed by atoms with van der Waals surface area (Å²) >= 11 is 0. The van der Waals surface area contributed by atoms with Crippen molar-refractivity contribution >= 4 is 15.7 Å². The predicted molar refractivity (Wildman–Crippen MR) is 95.3 cm³/mol. The van der Waals surface area contributed by atoms with Gasteiger partial charge in [0.15, 0.2) is 9.84 Å². The molecule has 0 N–H and O–H groups in total. The minimum atomic E-state index is -3.42. The number of rotatable bonds is 6. The van der Waals surface area contributed by atoms with Crippen LogP contribution in [0, 0.1) is 0 Å². The van der Waals surface area contributed by atoms with Crippen LogP contribution in [-0.4, -0.2) is 53.1 Å². The van der Waals surface area contributed by atoms with Crippen LogP contribution in [0.3, 0.4) is 0 Å². The Hall–Kier alpha value is -2.22. The molecule has 1 aliphatic heterocycles. The number of sulfone groups is 1. The second-order valence-electron chi connectivity index (χ2n) is 7.06. The SMILES string of the molecule is O=C(CCS(=O)(=O)c1ccccc1)N1CC[C@H](n2cc(C3CC3)nn2)C1. The van der Waals surface area contributed by atoms with E-state index in [1.165, 1.54) is 12.8 Å². The van der Waals surface area contributed by atoms with Gasteiger partial charge in [0.25, 0.3) is 0 Å². The van der Waals surface area contributed by atoms with Crippen LogP contribution >= 0.6 is 0 Å². The number of likely N-dealkylation sites (tertiary alicyclic amines) is 1. The minimum absolute atomic E-state index is 0.00856. The lowest BCUT2D eigenvalue weighted by molar-refractivity contribution is -0.129. The number of carbonyl (C=O) groups excluding carboxylic acids is 1. The number of benzene rings is 1. The third kappa shape index (κ3) is 3.65. The molecule has 0 spiro atoms. The van der Waals surface area contributed by atoms with Gasteiger partial charge in [-0.3, -0.25) is 4.79 Å². The Labute approximate surface area is 152 Å². The molecule has 7 nitrogen and oxygen atoms in total. The summed E-state index contributed by atoms with van der Waals surface area (Å²) in [5, 5.41) is 8.44. The van der Waals surface area contributed by atoms with Crippen LogP contribution in [0.1, 0.15) is 43.3 Å². The van der Waals surface area contributed by atoms with Crippen LogP contribution in [0.25, 0.3) is 0 Å². The molecule has 0 bridgehead atoms. The Balaban J connectivity index is 1.32. The molecule has 26 heavy (non-hydrogen) atoms. The average Bonchev–Trinajstić information content (AvgIpc) is 3.19. The molecule has 138 valence electrons. The summed E-state index contributed by atoms with van der Waals surface area (Å²) < 4.78 is 26.5. The van der Waals surface area contributed by atoms with E-state index in [0.29, 0.717) is 19.0 Å². The van der Waals surface area contributed by atoms with Crippen molar-refractivity contribution in [3.05, 3.63) is 42.2 Å². The molecule has 1 atom stereocenters. The van der Waals surface area contributed by atoms with Crippen LogP contribution in [0.5, 0.6) is 0 Å². The van der Waals surface area contributed by atoms with Gasteiger partial charge in [0, 0.05) is 31.6 Å². The fourth-order valence-corrected chi connectivity index (χ4v) is 4.60. The predicted octanol–water partition coefficient (Wildman–Crippen LogP) is 1.79. The van der Waals surface area contributed by atoms with Gasteiger partial charge in [-0.1, -0.05) is 23.4 Å². The Morgan fingerprint density at radius 1 is 1.15 bits per heavy atom. The Kier molecular flexibility index (Phi) is 4.52. The van der Waals surface area contributed by atoms with E-state index in [0.717, 1.165) is 12.1 Å². The van der Waals surface area contributed by atoms with Crippen molar-refractivity contribution in [3.8, 4) is 0 Å². The van der Waals surface area contributed by atoms with Crippen molar-refractivity contribution in [2.45, 2.75) is 42.5 Å². The number of amides is 1. The van der Waals surface area contributed by atoms with E-state index in [4.69, 9.17) is 0 Å². The van der Waals surface area contributed by atoms with E-state index >= 15 is 0 Å². The summed E-state index contributed by atoms with van der Waals surface area (Å²) in [5.74, 6) is 0.284. The largest absolute Gasteiger partial charge is 0.340 e. The maximum absolute atomic E-state index is 12.4. The molecule has 1 aromatic heterocycles. The first-order valence-corrected chi connectivity index (χ1v) is 10.7. The molecular weight excluding hydrogens is 352 g/mol. The Morgan fingerprint density at radius 3 is 2.65 bits per heavy atom. The van der Waals surface area contributed by atoms with E-state index in [1.807, 2.05) is 10.9 Å². The highest BCUT2D eigenvalue weighted by Crippen LogP contribution is 2.39. The maximum Gasteiger partial charge on any atom is 0.223 e. The zero-order valence-electron chi connectivity index (χ0n) is 14.5. The minimum Gasteiger partial charge on any atom is -0.340 e. The van der Waals surface area contributed by atoms with E-state index in [-0.39, 0.29) is 29.0 Å². The van der Waals surface area contributed by atoms with Crippen molar-refractivity contribution in [1.82, 2.24) is 19.9 Å². The highest BCUT2D eigenvalue weighted by Gasteiger charge is 2.31. The van der Waals surface area contributed by atoms with Gasteiger partial charge < -0.3 is 4.90 Å². The monoisotopic (exact) mass is 374 g/mol. The van der Waals surface area contributed by atoms with Gasteiger partial charge in [-0.05, 0) is 31.4 Å². The first-order valence-electron chi connectivity index (χ1n) is 9.00. The molecule has 2 heterocycles. The summed E-state index contributed by atoms with van der Waals surface area (Å²) in [7, 11) is -3.42. The van der Waals surface area contributed by atoms with Crippen molar-refractivity contribution in [2.24, 2.45) is 0 Å². The van der Waals surface area contributed by atoms with Crippen molar-refractivity contribution < 1.29 is 13.2 Å². The van der Waals surface area contributed by atoms with Crippen LogP contribution in [0.4, 0.5) is 0 Å². The highest BCUT2D eigenvalue weighted by molar-refractivity contribution is 7.91. The molecule has 4 rings (SSSR count). The van der Waals surface area contributed by atoms with Crippen molar-refractivity contribution in [3.63, 3.8) is 0 Å². The molecule has 1 aromatic carbocycles. The first kappa shape index (κ1) is 17.2. The Bertz CT molecular complexity index is 890. The molecule has 0 radical (unpaired) electrons. The number of hydrogen-bond acceptors (Lipinski definition) is 5. The van der Waals surface area contributed by atoms with E-state index in [2.05, 4.69) is 10.3 Å². The van der Waals surface area contributed by atoms with E-state index in [1.54, 1.807) is 35.2 Å². The van der Waals surface area contributed by atoms with Gasteiger partial charge in [-0.25, -0.2) is 13.1 Å². The van der Waals surface area contributed by atoms with Gasteiger partial charge in [-0.15, -0.1) is 5.10 Å². The molecule has 1 aliphatic carbocycles. The molecule has 1 saturated carbocycles. The molecule has 1 saturated heterocycles. The van der Waals surface area contributed by atoms with E-state index < -0.39 is 9.84 Å². The third-order valence-corrected chi connectivity index (χ3v) is 6.83. The van der Waals surface area contributed by atoms with Crippen molar-refractivity contribution in [1.29, 1.82) is 0 Å². The molecule has 2 aliphatic rings. The fraction of sp³-hybridized carbons (Fsp3) is 0.500. The first-order chi connectivity index (χ1) is 12.5. The summed E-state index contributed by atoms with van der Waals surface area (Å²) in [5.41, 5.74) is 1.05. The standard InChI is InChI=1S/C18H22N4O3S/c23-18(9-11-26(24,25)16-4-2-1-3-5-16)21-10-8-15(12-21)22-13-17(19-20-22)14-6-7-14/h1-5,13-15H,6-12H2/t15-/m0/s1. The topological polar surface area (TPSA) is 85.2 Å². The van der Waals surface area contributed by atoms with Crippen LogP contribution in [0.15, 0.2) is 41.4 Å². The molecule has 2 fully saturated rings. The molecule has 2 aromatic rings. The fourth-order valence-electron chi connectivity index (χ4n) is 3.34. The third-order valence-electron chi connectivity index (χ3n) is 5.10. The second-order valence-corrected chi connectivity index (χ2v) is 9.17. The molecular formula is C18H22N4O3S. The highest BCUT2D eigenvalue weighted by atomic mass is 32.2. The number of nitrogens with zero attached hydrogens (tertiary/aromatic N) is 4. The normalized spacial score (nSPS) is 20.5. The van der Waals surface area contributed by atoms with Gasteiger partial charge >= 0.3 is 0 Å². The summed E-state index contributed by atoms with van der Waals surface area (Å²) in [4.78, 5) is 14.4. The average molecular weight is 374 g/mol. The lowest BCUT2D eigenvalue weighted by Crippen LogP contribution is -2.30. The summed E-state index contributed by atoms with van der Waals surface area (Å²) in [6.45, 7) is 1.20. The quantitative estimate of drug-likeness (QED) is 0.770. The van der Waals surface area contributed by atoms with E-state index in [9.17, 15) is 13.2 Å². The molecule has 8 heteroatoms. The zero-order valence-corrected chi connectivity index (χ0v) is 15.3. The number of hydrogen-bond donors (Lipinski definition) is 0. The lowest BCUT2D eigenvalue weighted by atomic mass is 10.2. The van der Waals surface area contributed by atoms with Gasteiger partial charge in [0.1, 0.15) is 0 Å².